The summed E-state index contributed by atoms with van der Waals surface area (Å²) in [5.41, 5.74) is 6.58. The number of carbonyl (C=O) groups is 1. The molecular formula is C16H22Cl2N2O. The van der Waals surface area contributed by atoms with E-state index in [-0.39, 0.29) is 11.8 Å². The average Bonchev–Trinajstić information content (AvgIpc) is 2.51. The van der Waals surface area contributed by atoms with Crippen molar-refractivity contribution in [2.24, 2.45) is 17.6 Å². The Labute approximate surface area is 136 Å². The molecule has 0 aliphatic heterocycles. The number of rotatable bonds is 4. The highest BCUT2D eigenvalue weighted by atomic mass is 35.5. The quantitative estimate of drug-likeness (QED) is 0.915. The lowest BCUT2D eigenvalue weighted by molar-refractivity contribution is -0.136. The van der Waals surface area contributed by atoms with Crippen molar-refractivity contribution in [3.05, 3.63) is 33.8 Å². The van der Waals surface area contributed by atoms with Gasteiger partial charge >= 0.3 is 0 Å². The van der Waals surface area contributed by atoms with Crippen molar-refractivity contribution >= 4 is 29.1 Å². The molecule has 1 aliphatic carbocycles. The predicted molar refractivity (Wildman–Crippen MR) is 87.4 cm³/mol. The third-order valence-corrected chi connectivity index (χ3v) is 5.20. The molecule has 0 bridgehead atoms. The summed E-state index contributed by atoms with van der Waals surface area (Å²) < 4.78 is 0. The van der Waals surface area contributed by atoms with E-state index in [1.807, 2.05) is 19.2 Å². The van der Waals surface area contributed by atoms with Crippen LogP contribution in [0.5, 0.6) is 0 Å². The molecular weight excluding hydrogens is 307 g/mol. The predicted octanol–water partition coefficient (Wildman–Crippen LogP) is 3.72. The van der Waals surface area contributed by atoms with Gasteiger partial charge in [-0.05, 0) is 49.8 Å². The Morgan fingerprint density at radius 2 is 1.95 bits per heavy atom. The Kier molecular flexibility index (Phi) is 5.91. The number of hydrogen-bond donors (Lipinski definition) is 1. The SMILES string of the molecule is CN(Cc1cccc(Cl)c1Cl)C(=O)C1CCC(CN)CC1. The molecule has 0 aromatic heterocycles. The van der Waals surface area contributed by atoms with Crippen LogP contribution in [0.3, 0.4) is 0 Å². The van der Waals surface area contributed by atoms with Gasteiger partial charge in [0.1, 0.15) is 0 Å². The number of nitrogens with two attached hydrogens (primary N) is 1. The first-order valence-corrected chi connectivity index (χ1v) is 8.16. The second kappa shape index (κ2) is 7.48. The van der Waals surface area contributed by atoms with E-state index < -0.39 is 0 Å². The maximum atomic E-state index is 12.5. The number of halogens is 2. The van der Waals surface area contributed by atoms with Gasteiger partial charge in [-0.2, -0.15) is 0 Å². The summed E-state index contributed by atoms with van der Waals surface area (Å²) in [4.78, 5) is 14.3. The van der Waals surface area contributed by atoms with E-state index in [0.29, 0.717) is 22.5 Å². The van der Waals surface area contributed by atoms with E-state index in [4.69, 9.17) is 28.9 Å². The zero-order valence-corrected chi connectivity index (χ0v) is 13.8. The summed E-state index contributed by atoms with van der Waals surface area (Å²) in [5, 5.41) is 1.06. The first-order chi connectivity index (χ1) is 10.0. The average molecular weight is 329 g/mol. The second-order valence-electron chi connectivity index (χ2n) is 5.86. The molecule has 1 aromatic carbocycles. The minimum Gasteiger partial charge on any atom is -0.341 e. The number of hydrogen-bond acceptors (Lipinski definition) is 2. The molecule has 1 aliphatic rings. The molecule has 1 aromatic rings. The normalized spacial score (nSPS) is 22.1. The van der Waals surface area contributed by atoms with Crippen LogP contribution in [0.25, 0.3) is 0 Å². The summed E-state index contributed by atoms with van der Waals surface area (Å²) in [7, 11) is 1.83. The summed E-state index contributed by atoms with van der Waals surface area (Å²) in [6.45, 7) is 1.23. The van der Waals surface area contributed by atoms with Gasteiger partial charge in [0.2, 0.25) is 5.91 Å². The van der Waals surface area contributed by atoms with Gasteiger partial charge in [-0.15, -0.1) is 0 Å². The lowest BCUT2D eigenvalue weighted by atomic mass is 9.81. The summed E-state index contributed by atoms with van der Waals surface area (Å²) in [5.74, 6) is 0.902. The molecule has 3 nitrogen and oxygen atoms in total. The monoisotopic (exact) mass is 328 g/mol. The molecule has 0 atom stereocenters. The first-order valence-electron chi connectivity index (χ1n) is 7.40. The Morgan fingerprint density at radius 3 is 2.57 bits per heavy atom. The number of amides is 1. The first kappa shape index (κ1) is 16.6. The van der Waals surface area contributed by atoms with Gasteiger partial charge in [0.05, 0.1) is 10.0 Å². The second-order valence-corrected chi connectivity index (χ2v) is 6.65. The van der Waals surface area contributed by atoms with Gasteiger partial charge in [-0.25, -0.2) is 0 Å². The van der Waals surface area contributed by atoms with Crippen LogP contribution >= 0.6 is 23.2 Å². The summed E-state index contributed by atoms with van der Waals surface area (Å²) >= 11 is 12.2. The zero-order valence-electron chi connectivity index (χ0n) is 12.3. The molecule has 0 spiro atoms. The third-order valence-electron chi connectivity index (χ3n) is 4.34. The van der Waals surface area contributed by atoms with Crippen LogP contribution < -0.4 is 5.73 Å². The van der Waals surface area contributed by atoms with Crippen molar-refractivity contribution in [3.63, 3.8) is 0 Å². The van der Waals surface area contributed by atoms with E-state index in [9.17, 15) is 4.79 Å². The topological polar surface area (TPSA) is 46.3 Å². The smallest absolute Gasteiger partial charge is 0.225 e. The summed E-state index contributed by atoms with van der Waals surface area (Å²) in [6.07, 6.45) is 3.99. The van der Waals surface area contributed by atoms with Crippen LogP contribution in [0.15, 0.2) is 18.2 Å². The fourth-order valence-corrected chi connectivity index (χ4v) is 3.34. The largest absolute Gasteiger partial charge is 0.341 e. The highest BCUT2D eigenvalue weighted by Crippen LogP contribution is 2.30. The molecule has 0 heterocycles. The van der Waals surface area contributed by atoms with Crippen molar-refractivity contribution in [1.82, 2.24) is 4.90 Å². The van der Waals surface area contributed by atoms with E-state index in [0.717, 1.165) is 37.8 Å². The molecule has 5 heteroatoms. The van der Waals surface area contributed by atoms with E-state index in [1.165, 1.54) is 0 Å². The number of nitrogens with zero attached hydrogens (tertiary/aromatic N) is 1. The van der Waals surface area contributed by atoms with Gasteiger partial charge < -0.3 is 10.6 Å². The molecule has 2 N–H and O–H groups in total. The maximum Gasteiger partial charge on any atom is 0.225 e. The highest BCUT2D eigenvalue weighted by molar-refractivity contribution is 6.42. The van der Waals surface area contributed by atoms with Crippen LogP contribution in [0.4, 0.5) is 0 Å². The molecule has 116 valence electrons. The lowest BCUT2D eigenvalue weighted by Crippen LogP contribution is -2.35. The van der Waals surface area contributed by atoms with Gasteiger partial charge in [0.15, 0.2) is 0 Å². The Hall–Kier alpha value is -0.770. The Balaban J connectivity index is 1.95. The minimum absolute atomic E-state index is 0.121. The van der Waals surface area contributed by atoms with E-state index in [2.05, 4.69) is 0 Å². The molecule has 1 amide bonds. The molecule has 1 saturated carbocycles. The van der Waals surface area contributed by atoms with Gasteiger partial charge in [0, 0.05) is 19.5 Å². The van der Waals surface area contributed by atoms with E-state index >= 15 is 0 Å². The summed E-state index contributed by atoms with van der Waals surface area (Å²) in [6, 6.07) is 5.51. The van der Waals surface area contributed by atoms with Crippen LogP contribution in [0.2, 0.25) is 10.0 Å². The maximum absolute atomic E-state index is 12.5. The zero-order chi connectivity index (χ0) is 15.4. The van der Waals surface area contributed by atoms with Crippen LogP contribution in [0, 0.1) is 11.8 Å². The minimum atomic E-state index is 0.121. The van der Waals surface area contributed by atoms with Crippen LogP contribution in [-0.2, 0) is 11.3 Å². The van der Waals surface area contributed by atoms with Crippen LogP contribution in [-0.4, -0.2) is 24.4 Å². The molecule has 0 unspecified atom stereocenters. The van der Waals surface area contributed by atoms with Gasteiger partial charge in [0.25, 0.3) is 0 Å². The molecule has 1 fully saturated rings. The van der Waals surface area contributed by atoms with Gasteiger partial charge in [-0.1, -0.05) is 35.3 Å². The fraction of sp³-hybridized carbons (Fsp3) is 0.562. The molecule has 21 heavy (non-hydrogen) atoms. The van der Waals surface area contributed by atoms with E-state index in [1.54, 1.807) is 11.0 Å². The Morgan fingerprint density at radius 1 is 1.29 bits per heavy atom. The van der Waals surface area contributed by atoms with Crippen molar-refractivity contribution in [2.75, 3.05) is 13.6 Å². The van der Waals surface area contributed by atoms with Crippen molar-refractivity contribution < 1.29 is 4.79 Å². The fourth-order valence-electron chi connectivity index (χ4n) is 2.96. The van der Waals surface area contributed by atoms with Crippen molar-refractivity contribution in [1.29, 1.82) is 0 Å². The molecule has 0 saturated heterocycles. The molecule has 2 rings (SSSR count). The van der Waals surface area contributed by atoms with Gasteiger partial charge in [-0.3, -0.25) is 4.79 Å². The van der Waals surface area contributed by atoms with Crippen molar-refractivity contribution in [3.8, 4) is 0 Å². The Bertz CT molecular complexity index is 499. The standard InChI is InChI=1S/C16H22Cl2N2O/c1-20(10-13-3-2-4-14(17)15(13)18)16(21)12-7-5-11(9-19)6-8-12/h2-4,11-12H,5-10,19H2,1H3. The molecule has 0 radical (unpaired) electrons. The van der Waals surface area contributed by atoms with Crippen molar-refractivity contribution in [2.45, 2.75) is 32.2 Å². The van der Waals surface area contributed by atoms with Crippen LogP contribution in [0.1, 0.15) is 31.2 Å². The highest BCUT2D eigenvalue weighted by Gasteiger charge is 2.27. The third kappa shape index (κ3) is 4.12. The number of benzene rings is 1. The number of carbonyl (C=O) groups excluding carboxylic acids is 1. The lowest BCUT2D eigenvalue weighted by Gasteiger charge is -2.30.